The molecule has 182 valence electrons. The van der Waals surface area contributed by atoms with Crippen LogP contribution in [0.25, 0.3) is 0 Å². The van der Waals surface area contributed by atoms with Gasteiger partial charge in [-0.1, -0.05) is 84.9 Å². The summed E-state index contributed by atoms with van der Waals surface area (Å²) < 4.78 is 12.8. The molecule has 1 spiro atoms. The fourth-order valence-corrected chi connectivity index (χ4v) is 9.07. The Morgan fingerprint density at radius 2 is 1.16 bits per heavy atom. The van der Waals surface area contributed by atoms with Crippen molar-refractivity contribution in [3.05, 3.63) is 143 Å². The van der Waals surface area contributed by atoms with Gasteiger partial charge in [-0.05, 0) is 53.2 Å². The minimum absolute atomic E-state index is 0.0905. The van der Waals surface area contributed by atoms with E-state index in [1.807, 2.05) is 48.5 Å². The quantitative estimate of drug-likeness (QED) is 0.245. The molecule has 0 aromatic heterocycles. The van der Waals surface area contributed by atoms with Crippen LogP contribution in [0, 0.1) is 0 Å². The van der Waals surface area contributed by atoms with Gasteiger partial charge in [-0.2, -0.15) is 0 Å². The van der Waals surface area contributed by atoms with Gasteiger partial charge in [0.2, 0.25) is 0 Å². The molecule has 0 radical (unpaired) electrons. The van der Waals surface area contributed by atoms with Gasteiger partial charge in [-0.25, -0.2) is 9.59 Å². The minimum Gasteiger partial charge on any atom is -0.454 e. The Kier molecular flexibility index (Phi) is 4.93. The molecule has 1 fully saturated rings. The van der Waals surface area contributed by atoms with Crippen molar-refractivity contribution in [2.75, 3.05) is 6.66 Å². The predicted molar refractivity (Wildman–Crippen MR) is 144 cm³/mol. The zero-order chi connectivity index (χ0) is 25.2. The van der Waals surface area contributed by atoms with E-state index in [1.165, 1.54) is 22.3 Å². The summed E-state index contributed by atoms with van der Waals surface area (Å²) >= 11 is 0. The molecule has 4 nitrogen and oxygen atoms in total. The van der Waals surface area contributed by atoms with E-state index in [0.717, 1.165) is 0 Å². The second-order valence-corrected chi connectivity index (χ2v) is 11.2. The highest BCUT2D eigenvalue weighted by Gasteiger charge is 2.83. The molecule has 37 heavy (non-hydrogen) atoms. The zero-order valence-corrected chi connectivity index (χ0v) is 21.3. The molecular weight excluding hydrogens is 479 g/mol. The minimum atomic E-state index is -0.622. The molecule has 1 saturated carbocycles. The summed E-state index contributed by atoms with van der Waals surface area (Å²) in [7, 11) is 0.437. The Morgan fingerprint density at radius 1 is 0.649 bits per heavy atom. The lowest BCUT2D eigenvalue weighted by atomic mass is 9.43. The Bertz CT molecular complexity index is 1530. The Balaban J connectivity index is 1.40. The molecule has 0 N–H and O–H groups in total. The van der Waals surface area contributed by atoms with E-state index in [0.29, 0.717) is 19.7 Å². The largest absolute Gasteiger partial charge is 0.454 e. The number of esters is 2. The molecule has 7 rings (SSSR count). The van der Waals surface area contributed by atoms with Gasteiger partial charge >= 0.3 is 11.9 Å². The van der Waals surface area contributed by atoms with Gasteiger partial charge in [-0.15, -0.1) is 8.58 Å². The first-order valence-corrected chi connectivity index (χ1v) is 14.0. The maximum absolute atomic E-state index is 13.5. The highest BCUT2D eigenvalue weighted by atomic mass is 31.1. The maximum atomic E-state index is 13.5. The van der Waals surface area contributed by atoms with Crippen LogP contribution in [0.2, 0.25) is 0 Å². The summed E-state index contributed by atoms with van der Waals surface area (Å²) in [5.41, 5.74) is 5.50. The molecule has 3 aliphatic rings. The third-order valence-electron chi connectivity index (χ3n) is 8.53. The van der Waals surface area contributed by atoms with Crippen LogP contribution in [0.5, 0.6) is 0 Å². The second-order valence-electron chi connectivity index (χ2n) is 9.90. The average molecular weight is 505 g/mol. The molecule has 0 aliphatic heterocycles. The Hall–Kier alpha value is -3.75. The molecule has 0 heterocycles. The van der Waals surface area contributed by atoms with Crippen LogP contribution in [0.15, 0.2) is 109 Å². The van der Waals surface area contributed by atoms with Crippen molar-refractivity contribution in [2.45, 2.75) is 28.7 Å². The van der Waals surface area contributed by atoms with Crippen molar-refractivity contribution >= 4 is 20.5 Å². The number of ether oxygens (including phenoxy) is 2. The molecule has 0 saturated heterocycles. The van der Waals surface area contributed by atoms with Gasteiger partial charge in [0.25, 0.3) is 0 Å². The van der Waals surface area contributed by atoms with Crippen molar-refractivity contribution in [2.24, 2.45) is 0 Å². The fourth-order valence-electron chi connectivity index (χ4n) is 7.26. The molecule has 4 aromatic carbocycles. The molecule has 5 heteroatoms. The van der Waals surface area contributed by atoms with E-state index >= 15 is 0 Å². The lowest BCUT2D eigenvalue weighted by Crippen LogP contribution is -2.63. The van der Waals surface area contributed by atoms with E-state index in [9.17, 15) is 9.59 Å². The van der Waals surface area contributed by atoms with Crippen molar-refractivity contribution in [1.82, 2.24) is 0 Å². The van der Waals surface area contributed by atoms with Crippen LogP contribution in [0.3, 0.4) is 0 Å². The first kappa shape index (κ1) is 22.4. The lowest BCUT2D eigenvalue weighted by molar-refractivity contribution is -0.0352. The van der Waals surface area contributed by atoms with Crippen LogP contribution in [-0.2, 0) is 20.0 Å². The Labute approximate surface area is 217 Å². The second kappa shape index (κ2) is 8.13. The van der Waals surface area contributed by atoms with Crippen molar-refractivity contribution in [1.29, 1.82) is 0 Å². The first-order chi connectivity index (χ1) is 18.1. The summed E-state index contributed by atoms with van der Waals surface area (Å²) in [5, 5.41) is -0.464. The number of rotatable bonds is 5. The molecule has 4 aromatic rings. The van der Waals surface area contributed by atoms with Crippen molar-refractivity contribution in [3.8, 4) is 0 Å². The van der Waals surface area contributed by atoms with E-state index in [1.54, 1.807) is 24.3 Å². The third-order valence-corrected chi connectivity index (χ3v) is 10.3. The normalized spacial score (nSPS) is 28.2. The number of hydrogen-bond acceptors (Lipinski definition) is 4. The topological polar surface area (TPSA) is 52.6 Å². The standard InChI is InChI=1S/C32H25O4P/c1-37-32-25-19-11-10-18-24(25)31(32)23-17-9-8-16-22(23)26(31)27(35-29(33)20-12-4-2-5-13-20)28(32)36-30(34)21-14-6-3-7-15-21/h2-19,26-28,37H,1H3/t26?,27?,28?,31-,32?/m1/s1. The van der Waals surface area contributed by atoms with Gasteiger partial charge in [-0.3, -0.25) is 0 Å². The van der Waals surface area contributed by atoms with Gasteiger partial charge in [0.15, 0.2) is 6.10 Å². The first-order valence-electron chi connectivity index (χ1n) is 12.5. The van der Waals surface area contributed by atoms with Crippen LogP contribution < -0.4 is 0 Å². The van der Waals surface area contributed by atoms with Gasteiger partial charge < -0.3 is 9.47 Å². The SMILES string of the molecule is CPC12c3ccccc3[C@@]13c1ccccc1C3C(OC(=O)c1ccccc1)C2OC(=O)c1ccccc1. The Morgan fingerprint density at radius 3 is 1.78 bits per heavy atom. The van der Waals surface area contributed by atoms with Crippen LogP contribution in [0.1, 0.15) is 48.9 Å². The highest BCUT2D eigenvalue weighted by molar-refractivity contribution is 7.39. The fraction of sp³-hybridized carbons (Fsp3) is 0.188. The summed E-state index contributed by atoms with van der Waals surface area (Å²) in [6, 6.07) is 35.0. The third kappa shape index (κ3) is 2.72. The number of fused-ring (bicyclic) bond motifs is 4. The molecule has 6 atom stereocenters. The summed E-state index contributed by atoms with van der Waals surface area (Å²) in [4.78, 5) is 26.9. The van der Waals surface area contributed by atoms with E-state index in [4.69, 9.17) is 9.47 Å². The number of hydrogen-bond donors (Lipinski definition) is 0. The van der Waals surface area contributed by atoms with Crippen LogP contribution in [-0.4, -0.2) is 30.8 Å². The lowest BCUT2D eigenvalue weighted by Gasteiger charge is -2.64. The van der Waals surface area contributed by atoms with E-state index in [2.05, 4.69) is 43.1 Å². The molecule has 3 aliphatic carbocycles. The van der Waals surface area contributed by atoms with Gasteiger partial charge in [0.1, 0.15) is 6.10 Å². The van der Waals surface area contributed by atoms with Gasteiger partial charge in [0, 0.05) is 11.3 Å². The summed E-state index contributed by atoms with van der Waals surface area (Å²) in [5.74, 6) is -0.882. The number of benzene rings is 4. The highest BCUT2D eigenvalue weighted by Crippen LogP contribution is 2.83. The maximum Gasteiger partial charge on any atom is 0.338 e. The average Bonchev–Trinajstić information content (AvgIpc) is 3.10. The smallest absolute Gasteiger partial charge is 0.338 e. The summed E-state index contributed by atoms with van der Waals surface area (Å²) in [6.07, 6.45) is -1.24. The zero-order valence-electron chi connectivity index (χ0n) is 20.3. The van der Waals surface area contributed by atoms with E-state index < -0.39 is 29.3 Å². The van der Waals surface area contributed by atoms with Crippen LogP contribution >= 0.6 is 8.58 Å². The predicted octanol–water partition coefficient (Wildman–Crippen LogP) is 6.05. The number of carbonyl (C=O) groups excluding carboxylic acids is 2. The molecular formula is C32H25O4P. The van der Waals surface area contributed by atoms with Crippen LogP contribution in [0.4, 0.5) is 0 Å². The monoisotopic (exact) mass is 504 g/mol. The molecule has 5 unspecified atom stereocenters. The number of carbonyl (C=O) groups is 2. The van der Waals surface area contributed by atoms with E-state index in [-0.39, 0.29) is 11.3 Å². The summed E-state index contributed by atoms with van der Waals surface area (Å²) in [6.45, 7) is 2.18. The van der Waals surface area contributed by atoms with Crippen molar-refractivity contribution in [3.63, 3.8) is 0 Å². The van der Waals surface area contributed by atoms with Gasteiger partial charge in [0.05, 0.1) is 16.3 Å². The molecule has 0 bridgehead atoms. The van der Waals surface area contributed by atoms with Crippen molar-refractivity contribution < 1.29 is 19.1 Å². The molecule has 0 amide bonds.